The highest BCUT2D eigenvalue weighted by Crippen LogP contribution is 2.36. The van der Waals surface area contributed by atoms with Crippen molar-refractivity contribution in [1.29, 1.82) is 0 Å². The van der Waals surface area contributed by atoms with Gasteiger partial charge in [-0.2, -0.15) is 0 Å². The van der Waals surface area contributed by atoms with E-state index in [1.807, 2.05) is 38.1 Å². The molecule has 28 heavy (non-hydrogen) atoms. The van der Waals surface area contributed by atoms with Gasteiger partial charge in [0.05, 0.1) is 11.8 Å². The summed E-state index contributed by atoms with van der Waals surface area (Å²) in [4.78, 5) is 21.1. The predicted molar refractivity (Wildman–Crippen MR) is 107 cm³/mol. The van der Waals surface area contributed by atoms with Crippen molar-refractivity contribution in [3.8, 4) is 5.75 Å². The Morgan fingerprint density at radius 3 is 2.54 bits per heavy atom. The Labute approximate surface area is 166 Å². The van der Waals surface area contributed by atoms with Crippen LogP contribution in [0.15, 0.2) is 30.3 Å². The highest BCUT2D eigenvalue weighted by molar-refractivity contribution is 7.22. The SMILES string of the molecule is COc1ccc(C)c2sc(N(CCN(C)C)C(=O)c3ccc(F)c(F)c3)nc12. The lowest BCUT2D eigenvalue weighted by molar-refractivity contribution is 0.0984. The lowest BCUT2D eigenvalue weighted by Gasteiger charge is -2.22. The Morgan fingerprint density at radius 1 is 1.14 bits per heavy atom. The van der Waals surface area contributed by atoms with Crippen LogP contribution in [0, 0.1) is 18.6 Å². The Balaban J connectivity index is 2.06. The van der Waals surface area contributed by atoms with E-state index in [4.69, 9.17) is 4.74 Å². The van der Waals surface area contributed by atoms with Crippen molar-refractivity contribution in [2.45, 2.75) is 6.92 Å². The van der Waals surface area contributed by atoms with Gasteiger partial charge in [0.1, 0.15) is 11.3 Å². The third kappa shape index (κ3) is 3.98. The Bertz CT molecular complexity index is 1020. The van der Waals surface area contributed by atoms with Crippen molar-refractivity contribution in [2.75, 3.05) is 39.2 Å². The molecule has 0 radical (unpaired) electrons. The van der Waals surface area contributed by atoms with Crippen molar-refractivity contribution < 1.29 is 18.3 Å². The van der Waals surface area contributed by atoms with E-state index in [0.29, 0.717) is 29.5 Å². The van der Waals surface area contributed by atoms with Crippen molar-refractivity contribution in [1.82, 2.24) is 9.88 Å². The van der Waals surface area contributed by atoms with Crippen LogP contribution in [-0.2, 0) is 0 Å². The fourth-order valence-electron chi connectivity index (χ4n) is 2.75. The molecule has 2 aromatic carbocycles. The number of anilines is 1. The van der Waals surface area contributed by atoms with Crippen LogP contribution in [0.4, 0.5) is 13.9 Å². The van der Waals surface area contributed by atoms with Crippen LogP contribution >= 0.6 is 11.3 Å². The minimum absolute atomic E-state index is 0.0700. The molecule has 3 aromatic rings. The van der Waals surface area contributed by atoms with Crippen molar-refractivity contribution >= 4 is 32.6 Å². The molecule has 3 rings (SSSR count). The molecule has 148 valence electrons. The zero-order chi connectivity index (χ0) is 20.4. The molecule has 1 amide bonds. The van der Waals surface area contributed by atoms with Gasteiger partial charge in [-0.3, -0.25) is 9.69 Å². The second-order valence-electron chi connectivity index (χ2n) is 6.65. The molecule has 0 N–H and O–H groups in total. The monoisotopic (exact) mass is 405 g/mol. The van der Waals surface area contributed by atoms with Gasteiger partial charge in [0.15, 0.2) is 16.8 Å². The molecule has 0 bridgehead atoms. The Morgan fingerprint density at radius 2 is 1.89 bits per heavy atom. The number of thiazole rings is 1. The quantitative estimate of drug-likeness (QED) is 0.620. The number of benzene rings is 2. The maximum atomic E-state index is 13.7. The van der Waals surface area contributed by atoms with Gasteiger partial charge in [0.25, 0.3) is 5.91 Å². The average molecular weight is 405 g/mol. The maximum absolute atomic E-state index is 13.7. The topological polar surface area (TPSA) is 45.7 Å². The lowest BCUT2D eigenvalue weighted by Crippen LogP contribution is -2.36. The molecule has 0 aliphatic carbocycles. The highest BCUT2D eigenvalue weighted by atomic mass is 32.1. The van der Waals surface area contributed by atoms with Crippen LogP contribution in [0.1, 0.15) is 15.9 Å². The molecule has 0 saturated carbocycles. The third-order valence-corrected chi connectivity index (χ3v) is 5.54. The van der Waals surface area contributed by atoms with Crippen LogP contribution in [-0.4, -0.2) is 50.1 Å². The number of hydrogen-bond acceptors (Lipinski definition) is 5. The van der Waals surface area contributed by atoms with Crippen molar-refractivity contribution in [3.63, 3.8) is 0 Å². The van der Waals surface area contributed by atoms with Crippen molar-refractivity contribution in [2.24, 2.45) is 0 Å². The van der Waals surface area contributed by atoms with E-state index in [1.54, 1.807) is 7.11 Å². The summed E-state index contributed by atoms with van der Waals surface area (Å²) < 4.78 is 33.2. The van der Waals surface area contributed by atoms with Crippen LogP contribution in [0.3, 0.4) is 0 Å². The molecule has 0 saturated heterocycles. The maximum Gasteiger partial charge on any atom is 0.260 e. The summed E-state index contributed by atoms with van der Waals surface area (Å²) in [5.74, 6) is -1.86. The fraction of sp³-hybridized carbons (Fsp3) is 0.300. The summed E-state index contributed by atoms with van der Waals surface area (Å²) >= 11 is 1.37. The molecule has 8 heteroatoms. The van der Waals surface area contributed by atoms with E-state index in [0.717, 1.165) is 22.4 Å². The molecule has 1 aromatic heterocycles. The number of fused-ring (bicyclic) bond motifs is 1. The predicted octanol–water partition coefficient (Wildman–Crippen LogP) is 4.10. The lowest BCUT2D eigenvalue weighted by atomic mass is 10.2. The summed E-state index contributed by atoms with van der Waals surface area (Å²) in [6, 6.07) is 6.92. The molecule has 0 aliphatic heterocycles. The van der Waals surface area contributed by atoms with Crippen LogP contribution < -0.4 is 9.64 Å². The average Bonchev–Trinajstić information content (AvgIpc) is 3.10. The summed E-state index contributed by atoms with van der Waals surface area (Å²) in [7, 11) is 5.36. The minimum Gasteiger partial charge on any atom is -0.494 e. The number of likely N-dealkylation sites (N-methyl/N-ethyl adjacent to an activating group) is 1. The number of carbonyl (C=O) groups excluding carboxylic acids is 1. The van der Waals surface area contributed by atoms with E-state index in [1.165, 1.54) is 22.3 Å². The molecule has 0 atom stereocenters. The van der Waals surface area contributed by atoms with Gasteiger partial charge in [0.2, 0.25) is 0 Å². The number of halogens is 2. The number of aromatic nitrogens is 1. The second-order valence-corrected chi connectivity index (χ2v) is 7.63. The number of amides is 1. The smallest absolute Gasteiger partial charge is 0.260 e. The summed E-state index contributed by atoms with van der Waals surface area (Å²) in [6.07, 6.45) is 0. The molecule has 1 heterocycles. The first-order chi connectivity index (χ1) is 13.3. The van der Waals surface area contributed by atoms with E-state index < -0.39 is 17.5 Å². The fourth-order valence-corrected chi connectivity index (χ4v) is 3.82. The van der Waals surface area contributed by atoms with Gasteiger partial charge >= 0.3 is 0 Å². The zero-order valence-corrected chi connectivity index (χ0v) is 16.9. The first-order valence-electron chi connectivity index (χ1n) is 8.67. The van der Waals surface area contributed by atoms with Gasteiger partial charge in [-0.05, 0) is 50.8 Å². The third-order valence-electron chi connectivity index (χ3n) is 4.33. The number of aryl methyl sites for hydroxylation is 1. The second kappa shape index (κ2) is 8.20. The molecule has 5 nitrogen and oxygen atoms in total. The van der Waals surface area contributed by atoms with Crippen LogP contribution in [0.2, 0.25) is 0 Å². The Kier molecular flexibility index (Phi) is 5.90. The van der Waals surface area contributed by atoms with Crippen LogP contribution in [0.25, 0.3) is 10.2 Å². The first-order valence-corrected chi connectivity index (χ1v) is 9.49. The number of methoxy groups -OCH3 is 1. The number of rotatable bonds is 6. The number of carbonyl (C=O) groups is 1. The first kappa shape index (κ1) is 20.2. The van der Waals surface area contributed by atoms with Crippen LogP contribution in [0.5, 0.6) is 5.75 Å². The number of nitrogens with zero attached hydrogens (tertiary/aromatic N) is 3. The van der Waals surface area contributed by atoms with E-state index in [-0.39, 0.29) is 5.56 Å². The molecule has 0 aliphatic rings. The van der Waals surface area contributed by atoms with Crippen molar-refractivity contribution in [3.05, 3.63) is 53.1 Å². The van der Waals surface area contributed by atoms with Gasteiger partial charge < -0.3 is 9.64 Å². The van der Waals surface area contributed by atoms with Gasteiger partial charge in [0, 0.05) is 18.7 Å². The number of ether oxygens (including phenoxy) is 1. The van der Waals surface area contributed by atoms with Gasteiger partial charge in [-0.1, -0.05) is 17.4 Å². The molecular weight excluding hydrogens is 384 g/mol. The van der Waals surface area contributed by atoms with Gasteiger partial charge in [-0.15, -0.1) is 0 Å². The summed E-state index contributed by atoms with van der Waals surface area (Å²) in [5.41, 5.74) is 1.77. The molecule has 0 spiro atoms. The van der Waals surface area contributed by atoms with Gasteiger partial charge in [-0.25, -0.2) is 13.8 Å². The van der Waals surface area contributed by atoms with E-state index in [2.05, 4.69) is 4.98 Å². The highest BCUT2D eigenvalue weighted by Gasteiger charge is 2.23. The normalized spacial score (nSPS) is 11.2. The largest absolute Gasteiger partial charge is 0.494 e. The van der Waals surface area contributed by atoms with E-state index >= 15 is 0 Å². The molecular formula is C20H21F2N3O2S. The van der Waals surface area contributed by atoms with E-state index in [9.17, 15) is 13.6 Å². The Hall–Kier alpha value is -2.58. The summed E-state index contributed by atoms with van der Waals surface area (Å²) in [6.45, 7) is 2.90. The molecule has 0 unspecified atom stereocenters. The zero-order valence-electron chi connectivity index (χ0n) is 16.1. The summed E-state index contributed by atoms with van der Waals surface area (Å²) in [5, 5.41) is 0.485. The standard InChI is InChI=1S/C20H21F2N3O2S/c1-12-5-8-16(27-4)17-18(12)28-20(23-17)25(10-9-24(2)3)19(26)13-6-7-14(21)15(22)11-13/h5-8,11H,9-10H2,1-4H3. The molecule has 0 fully saturated rings. The number of hydrogen-bond donors (Lipinski definition) is 0. The minimum atomic E-state index is -1.06.